The van der Waals surface area contributed by atoms with Crippen LogP contribution >= 0.6 is 15.9 Å². The van der Waals surface area contributed by atoms with Gasteiger partial charge in [-0.05, 0) is 41.4 Å². The minimum atomic E-state index is 0.542. The largest absolute Gasteiger partial charge is 0.479 e. The van der Waals surface area contributed by atoms with Crippen LogP contribution in [-0.2, 0) is 6.42 Å². The number of rotatable bonds is 3. The average molecular weight is 286 g/mol. The lowest BCUT2D eigenvalue weighted by atomic mass is 10.0. The molecule has 0 saturated carbocycles. The monoisotopic (exact) mass is 285 g/mol. The minimum absolute atomic E-state index is 0.542. The van der Waals surface area contributed by atoms with Gasteiger partial charge in [0, 0.05) is 12.5 Å². The van der Waals surface area contributed by atoms with Crippen LogP contribution < -0.4 is 10.1 Å². The molecule has 16 heavy (non-hydrogen) atoms. The fourth-order valence-corrected chi connectivity index (χ4v) is 2.49. The Balaban J connectivity index is 2.01. The minimum Gasteiger partial charge on any atom is -0.479 e. The Bertz CT molecular complexity index is 353. The number of nitrogens with zero attached hydrogens (tertiary/aromatic N) is 2. The zero-order valence-corrected chi connectivity index (χ0v) is 11.0. The van der Waals surface area contributed by atoms with Crippen LogP contribution in [0.4, 0.5) is 0 Å². The van der Waals surface area contributed by atoms with Crippen LogP contribution in [-0.4, -0.2) is 29.9 Å². The Kier molecular flexibility index (Phi) is 4.12. The van der Waals surface area contributed by atoms with Crippen LogP contribution in [0, 0.1) is 0 Å². The van der Waals surface area contributed by atoms with E-state index in [0.717, 1.165) is 23.1 Å². The van der Waals surface area contributed by atoms with Gasteiger partial charge in [0.05, 0.1) is 17.3 Å². The van der Waals surface area contributed by atoms with Crippen molar-refractivity contribution in [2.45, 2.75) is 31.7 Å². The molecular weight excluding hydrogens is 270 g/mol. The van der Waals surface area contributed by atoms with E-state index in [4.69, 9.17) is 4.74 Å². The molecular formula is C11H16BrN3O. The highest BCUT2D eigenvalue weighted by Gasteiger charge is 2.14. The summed E-state index contributed by atoms with van der Waals surface area (Å²) in [5.41, 5.74) is 1.01. The van der Waals surface area contributed by atoms with Crippen LogP contribution in [0.25, 0.3) is 0 Å². The summed E-state index contributed by atoms with van der Waals surface area (Å²) in [5.74, 6) is 0.542. The number of aromatic nitrogens is 2. The number of halogens is 1. The van der Waals surface area contributed by atoms with Crippen molar-refractivity contribution in [3.05, 3.63) is 16.2 Å². The summed E-state index contributed by atoms with van der Waals surface area (Å²) in [6.45, 7) is 1.12. The van der Waals surface area contributed by atoms with Crippen LogP contribution in [0.3, 0.4) is 0 Å². The molecule has 1 aromatic rings. The summed E-state index contributed by atoms with van der Waals surface area (Å²) >= 11 is 3.42. The first kappa shape index (κ1) is 11.8. The van der Waals surface area contributed by atoms with E-state index in [1.165, 1.54) is 19.3 Å². The summed E-state index contributed by atoms with van der Waals surface area (Å²) < 4.78 is 5.92. The summed E-state index contributed by atoms with van der Waals surface area (Å²) in [4.78, 5) is 0. The van der Waals surface area contributed by atoms with E-state index < -0.39 is 0 Å². The standard InChI is InChI=1S/C11H16BrN3O/c1-16-11-10(12)7-9(14-15-11)6-8-4-2-3-5-13-8/h7-8,13H,2-6H2,1H3. The van der Waals surface area contributed by atoms with Crippen LogP contribution in [0.15, 0.2) is 10.5 Å². The second kappa shape index (κ2) is 5.59. The highest BCUT2D eigenvalue weighted by molar-refractivity contribution is 9.10. The zero-order chi connectivity index (χ0) is 11.4. The normalized spacial score (nSPS) is 20.8. The lowest BCUT2D eigenvalue weighted by Crippen LogP contribution is -2.35. The number of nitrogens with one attached hydrogen (secondary N) is 1. The van der Waals surface area contributed by atoms with E-state index in [-0.39, 0.29) is 0 Å². The molecule has 1 aromatic heterocycles. The van der Waals surface area contributed by atoms with Gasteiger partial charge >= 0.3 is 0 Å². The van der Waals surface area contributed by atoms with Crippen molar-refractivity contribution in [1.29, 1.82) is 0 Å². The molecule has 1 aliphatic heterocycles. The van der Waals surface area contributed by atoms with E-state index >= 15 is 0 Å². The maximum atomic E-state index is 5.05. The van der Waals surface area contributed by atoms with Crippen molar-refractivity contribution in [2.75, 3.05) is 13.7 Å². The molecule has 1 fully saturated rings. The number of piperidine rings is 1. The molecule has 0 bridgehead atoms. The number of hydrogen-bond acceptors (Lipinski definition) is 4. The Hall–Kier alpha value is -0.680. The molecule has 1 N–H and O–H groups in total. The van der Waals surface area contributed by atoms with Gasteiger partial charge in [0.25, 0.3) is 0 Å². The quantitative estimate of drug-likeness (QED) is 0.922. The van der Waals surface area contributed by atoms with Crippen molar-refractivity contribution < 1.29 is 4.74 Å². The molecule has 4 nitrogen and oxygen atoms in total. The van der Waals surface area contributed by atoms with Gasteiger partial charge in [0.1, 0.15) is 0 Å². The molecule has 0 aliphatic carbocycles. The van der Waals surface area contributed by atoms with Gasteiger partial charge in [-0.1, -0.05) is 6.42 Å². The second-order valence-corrected chi connectivity index (χ2v) is 4.90. The fraction of sp³-hybridized carbons (Fsp3) is 0.636. The average Bonchev–Trinajstić information content (AvgIpc) is 2.31. The highest BCUT2D eigenvalue weighted by atomic mass is 79.9. The van der Waals surface area contributed by atoms with E-state index in [2.05, 4.69) is 31.4 Å². The molecule has 1 atom stereocenters. The van der Waals surface area contributed by atoms with Crippen molar-refractivity contribution in [1.82, 2.24) is 15.5 Å². The fourth-order valence-electron chi connectivity index (χ4n) is 1.98. The highest BCUT2D eigenvalue weighted by Crippen LogP contribution is 2.22. The molecule has 0 amide bonds. The summed E-state index contributed by atoms with van der Waals surface area (Å²) in [5, 5.41) is 11.7. The maximum Gasteiger partial charge on any atom is 0.247 e. The Morgan fingerprint density at radius 2 is 2.38 bits per heavy atom. The Morgan fingerprint density at radius 3 is 3.00 bits per heavy atom. The predicted octanol–water partition coefficient (Wildman–Crippen LogP) is 1.93. The first-order valence-corrected chi connectivity index (χ1v) is 6.38. The first-order chi connectivity index (χ1) is 7.79. The van der Waals surface area contributed by atoms with Gasteiger partial charge in [0.2, 0.25) is 5.88 Å². The van der Waals surface area contributed by atoms with E-state index in [1.807, 2.05) is 6.07 Å². The zero-order valence-electron chi connectivity index (χ0n) is 9.37. The summed E-state index contributed by atoms with van der Waals surface area (Å²) in [6.07, 6.45) is 4.76. The SMILES string of the molecule is COc1nnc(CC2CCCCN2)cc1Br. The van der Waals surface area contributed by atoms with Gasteiger partial charge in [0.15, 0.2) is 0 Å². The third kappa shape index (κ3) is 2.92. The Labute approximate surface area is 104 Å². The van der Waals surface area contributed by atoms with Crippen molar-refractivity contribution >= 4 is 15.9 Å². The van der Waals surface area contributed by atoms with Crippen LogP contribution in [0.2, 0.25) is 0 Å². The third-order valence-corrected chi connectivity index (χ3v) is 3.40. The number of ether oxygens (including phenoxy) is 1. The Morgan fingerprint density at radius 1 is 1.50 bits per heavy atom. The van der Waals surface area contributed by atoms with Gasteiger partial charge < -0.3 is 10.1 Å². The molecule has 0 radical (unpaired) electrons. The van der Waals surface area contributed by atoms with Crippen molar-refractivity contribution in [2.24, 2.45) is 0 Å². The molecule has 2 rings (SSSR count). The van der Waals surface area contributed by atoms with E-state index in [1.54, 1.807) is 7.11 Å². The molecule has 0 aromatic carbocycles. The van der Waals surface area contributed by atoms with Gasteiger partial charge in [-0.25, -0.2) is 0 Å². The van der Waals surface area contributed by atoms with Gasteiger partial charge in [-0.15, -0.1) is 5.10 Å². The molecule has 1 saturated heterocycles. The molecule has 88 valence electrons. The molecule has 1 unspecified atom stereocenters. The van der Waals surface area contributed by atoms with E-state index in [0.29, 0.717) is 11.9 Å². The smallest absolute Gasteiger partial charge is 0.247 e. The predicted molar refractivity (Wildman–Crippen MR) is 65.6 cm³/mol. The maximum absolute atomic E-state index is 5.05. The molecule has 0 spiro atoms. The molecule has 2 heterocycles. The van der Waals surface area contributed by atoms with Gasteiger partial charge in [-0.2, -0.15) is 5.10 Å². The van der Waals surface area contributed by atoms with Crippen LogP contribution in [0.1, 0.15) is 25.0 Å². The molecule has 5 heteroatoms. The van der Waals surface area contributed by atoms with Gasteiger partial charge in [-0.3, -0.25) is 0 Å². The van der Waals surface area contributed by atoms with E-state index in [9.17, 15) is 0 Å². The lowest BCUT2D eigenvalue weighted by Gasteiger charge is -2.22. The summed E-state index contributed by atoms with van der Waals surface area (Å²) in [7, 11) is 1.59. The lowest BCUT2D eigenvalue weighted by molar-refractivity contribution is 0.381. The third-order valence-electron chi connectivity index (χ3n) is 2.83. The topological polar surface area (TPSA) is 47.0 Å². The van der Waals surface area contributed by atoms with Crippen LogP contribution in [0.5, 0.6) is 5.88 Å². The van der Waals surface area contributed by atoms with Crippen molar-refractivity contribution in [3.63, 3.8) is 0 Å². The van der Waals surface area contributed by atoms with Crippen molar-refractivity contribution in [3.8, 4) is 5.88 Å². The first-order valence-electron chi connectivity index (χ1n) is 5.59. The number of hydrogen-bond donors (Lipinski definition) is 1. The summed E-state index contributed by atoms with van der Waals surface area (Å²) in [6, 6.07) is 2.53. The second-order valence-electron chi connectivity index (χ2n) is 4.04. The number of methoxy groups -OCH3 is 1. The molecule has 1 aliphatic rings.